The van der Waals surface area contributed by atoms with E-state index in [-0.39, 0.29) is 11.9 Å². The fourth-order valence-corrected chi connectivity index (χ4v) is 3.73. The van der Waals surface area contributed by atoms with Gasteiger partial charge in [-0.15, -0.1) is 0 Å². The third-order valence-electron chi connectivity index (χ3n) is 5.11. The Kier molecular flexibility index (Phi) is 5.16. The number of amides is 1. The summed E-state index contributed by atoms with van der Waals surface area (Å²) in [6.45, 7) is 4.46. The van der Waals surface area contributed by atoms with E-state index in [1.807, 2.05) is 18.3 Å². The summed E-state index contributed by atoms with van der Waals surface area (Å²) in [5.74, 6) is 0.501. The van der Waals surface area contributed by atoms with Crippen molar-refractivity contribution < 1.29 is 9.21 Å². The molecule has 140 valence electrons. The number of carbonyl (C=O) groups is 1. The Morgan fingerprint density at radius 1 is 1.26 bits per heavy atom. The van der Waals surface area contributed by atoms with Crippen molar-refractivity contribution in [1.82, 2.24) is 20.2 Å². The van der Waals surface area contributed by atoms with Crippen LogP contribution in [-0.2, 0) is 0 Å². The highest BCUT2D eigenvalue weighted by Crippen LogP contribution is 2.24. The summed E-state index contributed by atoms with van der Waals surface area (Å²) >= 11 is 0. The van der Waals surface area contributed by atoms with Gasteiger partial charge in [-0.2, -0.15) is 0 Å². The van der Waals surface area contributed by atoms with Gasteiger partial charge in [0.05, 0.1) is 6.04 Å². The van der Waals surface area contributed by atoms with Crippen molar-refractivity contribution in [3.05, 3.63) is 59.7 Å². The molecule has 1 amide bonds. The number of hydrogen-bond acceptors (Lipinski definition) is 5. The summed E-state index contributed by atoms with van der Waals surface area (Å²) in [6.07, 6.45) is 7.36. The summed E-state index contributed by atoms with van der Waals surface area (Å²) < 4.78 is 5.54. The Balaban J connectivity index is 1.49. The largest absolute Gasteiger partial charge is 0.441 e. The zero-order valence-corrected chi connectivity index (χ0v) is 15.5. The van der Waals surface area contributed by atoms with E-state index in [1.54, 1.807) is 25.3 Å². The number of aryl methyl sites for hydroxylation is 1. The smallest absolute Gasteiger partial charge is 0.251 e. The van der Waals surface area contributed by atoms with Crippen molar-refractivity contribution in [2.45, 2.75) is 32.2 Å². The first-order valence-electron chi connectivity index (χ1n) is 9.50. The van der Waals surface area contributed by atoms with Crippen molar-refractivity contribution in [2.24, 2.45) is 0 Å². The fraction of sp³-hybridized carbons (Fsp3) is 0.381. The lowest BCUT2D eigenvalue weighted by Gasteiger charge is -2.34. The Labute approximate surface area is 158 Å². The number of benzene rings is 1. The van der Waals surface area contributed by atoms with E-state index in [0.29, 0.717) is 23.6 Å². The normalized spacial score (nSPS) is 16.3. The van der Waals surface area contributed by atoms with Gasteiger partial charge in [-0.3, -0.25) is 14.7 Å². The number of nitrogens with zero attached hydrogens (tertiary/aromatic N) is 3. The van der Waals surface area contributed by atoms with E-state index in [2.05, 4.69) is 26.3 Å². The fourth-order valence-electron chi connectivity index (χ4n) is 3.73. The molecule has 1 aromatic carbocycles. The minimum Gasteiger partial charge on any atom is -0.441 e. The number of nitrogens with one attached hydrogen (secondary N) is 1. The Bertz CT molecular complexity index is 916. The van der Waals surface area contributed by atoms with Crippen molar-refractivity contribution >= 4 is 17.0 Å². The minimum absolute atomic E-state index is 0.100. The molecular weight excluding hydrogens is 340 g/mol. The lowest BCUT2D eigenvalue weighted by Crippen LogP contribution is -2.40. The molecule has 0 spiro atoms. The molecule has 6 nitrogen and oxygen atoms in total. The van der Waals surface area contributed by atoms with Crippen LogP contribution in [0.5, 0.6) is 0 Å². The zero-order chi connectivity index (χ0) is 18.6. The average Bonchev–Trinajstić information content (AvgIpc) is 3.09. The van der Waals surface area contributed by atoms with Crippen molar-refractivity contribution in [3.63, 3.8) is 0 Å². The molecule has 1 fully saturated rings. The first-order chi connectivity index (χ1) is 13.2. The van der Waals surface area contributed by atoms with Gasteiger partial charge in [0, 0.05) is 31.4 Å². The van der Waals surface area contributed by atoms with Crippen LogP contribution in [0, 0.1) is 6.92 Å². The second kappa shape index (κ2) is 7.88. The van der Waals surface area contributed by atoms with E-state index in [9.17, 15) is 4.79 Å². The summed E-state index contributed by atoms with van der Waals surface area (Å²) in [5, 5.41) is 3.10. The molecule has 1 aliphatic heterocycles. The van der Waals surface area contributed by atoms with Crippen LogP contribution >= 0.6 is 0 Å². The maximum absolute atomic E-state index is 12.7. The van der Waals surface area contributed by atoms with Crippen LogP contribution in [0.4, 0.5) is 0 Å². The molecular formula is C21H24N4O2. The summed E-state index contributed by atoms with van der Waals surface area (Å²) in [6, 6.07) is 9.55. The maximum atomic E-state index is 12.7. The van der Waals surface area contributed by atoms with E-state index < -0.39 is 0 Å². The molecule has 1 aliphatic rings. The number of fused-ring (bicyclic) bond motifs is 1. The highest BCUT2D eigenvalue weighted by atomic mass is 16.3. The van der Waals surface area contributed by atoms with Crippen LogP contribution in [0.25, 0.3) is 11.1 Å². The maximum Gasteiger partial charge on any atom is 0.251 e. The average molecular weight is 364 g/mol. The molecule has 0 radical (unpaired) electrons. The van der Waals surface area contributed by atoms with E-state index >= 15 is 0 Å². The topological polar surface area (TPSA) is 71.3 Å². The Morgan fingerprint density at radius 3 is 2.89 bits per heavy atom. The molecule has 1 atom stereocenters. The van der Waals surface area contributed by atoms with Crippen molar-refractivity contribution in [1.29, 1.82) is 0 Å². The lowest BCUT2D eigenvalue weighted by atomic mass is 10.0. The predicted octanol–water partition coefficient (Wildman–Crippen LogP) is 3.49. The van der Waals surface area contributed by atoms with Gasteiger partial charge < -0.3 is 9.73 Å². The van der Waals surface area contributed by atoms with Gasteiger partial charge >= 0.3 is 0 Å². The molecule has 0 aliphatic carbocycles. The minimum atomic E-state index is -0.100. The summed E-state index contributed by atoms with van der Waals surface area (Å²) in [4.78, 5) is 23.7. The monoisotopic (exact) mass is 364 g/mol. The number of piperidine rings is 1. The molecule has 1 saturated heterocycles. The van der Waals surface area contributed by atoms with Crippen LogP contribution in [0.1, 0.15) is 47.1 Å². The van der Waals surface area contributed by atoms with E-state index in [0.717, 1.165) is 24.2 Å². The van der Waals surface area contributed by atoms with Crippen LogP contribution in [0.15, 0.2) is 47.1 Å². The predicted molar refractivity (Wildman–Crippen MR) is 103 cm³/mol. The highest BCUT2D eigenvalue weighted by molar-refractivity contribution is 5.97. The third kappa shape index (κ3) is 4.01. The standard InChI is InChI=1S/C21H24N4O2/c1-15-24-18-8-7-16(12-20(18)27-15)21(26)23-14-19(17-6-5-9-22-13-17)25-10-3-2-4-11-25/h5-9,12-13,19H,2-4,10-11,14H2,1H3,(H,23,26)/t19-/m0/s1. The van der Waals surface area contributed by atoms with Crippen LogP contribution in [-0.4, -0.2) is 40.4 Å². The number of pyridine rings is 1. The van der Waals surface area contributed by atoms with Crippen molar-refractivity contribution in [3.8, 4) is 0 Å². The third-order valence-corrected chi connectivity index (χ3v) is 5.11. The van der Waals surface area contributed by atoms with Crippen LogP contribution < -0.4 is 5.32 Å². The van der Waals surface area contributed by atoms with Gasteiger partial charge in [-0.1, -0.05) is 12.5 Å². The summed E-state index contributed by atoms with van der Waals surface area (Å²) in [7, 11) is 0. The zero-order valence-electron chi connectivity index (χ0n) is 15.5. The Hall–Kier alpha value is -2.73. The molecule has 0 unspecified atom stereocenters. The number of rotatable bonds is 5. The highest BCUT2D eigenvalue weighted by Gasteiger charge is 2.23. The first-order valence-corrected chi connectivity index (χ1v) is 9.50. The van der Waals surface area contributed by atoms with Crippen LogP contribution in [0.3, 0.4) is 0 Å². The van der Waals surface area contributed by atoms with Gasteiger partial charge in [-0.05, 0) is 55.8 Å². The van der Waals surface area contributed by atoms with Gasteiger partial charge in [0.15, 0.2) is 11.5 Å². The second-order valence-electron chi connectivity index (χ2n) is 7.02. The Morgan fingerprint density at radius 2 is 2.11 bits per heavy atom. The van der Waals surface area contributed by atoms with E-state index in [4.69, 9.17) is 4.42 Å². The quantitative estimate of drug-likeness (QED) is 0.750. The molecule has 1 N–H and O–H groups in total. The molecule has 3 aromatic rings. The number of carbonyl (C=O) groups excluding carboxylic acids is 1. The molecule has 0 bridgehead atoms. The molecule has 0 saturated carbocycles. The van der Waals surface area contributed by atoms with E-state index in [1.165, 1.54) is 19.3 Å². The first kappa shape index (κ1) is 17.7. The van der Waals surface area contributed by atoms with Crippen molar-refractivity contribution in [2.75, 3.05) is 19.6 Å². The second-order valence-corrected chi connectivity index (χ2v) is 7.02. The molecule has 27 heavy (non-hydrogen) atoms. The summed E-state index contributed by atoms with van der Waals surface area (Å²) in [5.41, 5.74) is 3.13. The van der Waals surface area contributed by atoms with Gasteiger partial charge in [0.1, 0.15) is 5.52 Å². The SMILES string of the molecule is Cc1nc2ccc(C(=O)NC[C@@H](c3cccnc3)N3CCCCC3)cc2o1. The number of aromatic nitrogens is 2. The van der Waals surface area contributed by atoms with Gasteiger partial charge in [-0.25, -0.2) is 4.98 Å². The van der Waals surface area contributed by atoms with Gasteiger partial charge in [0.2, 0.25) is 0 Å². The number of hydrogen-bond donors (Lipinski definition) is 1. The number of oxazole rings is 1. The molecule has 3 heterocycles. The molecule has 2 aromatic heterocycles. The lowest BCUT2D eigenvalue weighted by molar-refractivity contribution is 0.0924. The van der Waals surface area contributed by atoms with Crippen LogP contribution in [0.2, 0.25) is 0 Å². The molecule has 6 heteroatoms. The molecule has 4 rings (SSSR count). The number of likely N-dealkylation sites (tertiary alicyclic amines) is 1. The van der Waals surface area contributed by atoms with Gasteiger partial charge in [0.25, 0.3) is 5.91 Å².